The quantitative estimate of drug-likeness (QED) is 0.210. The van der Waals surface area contributed by atoms with Gasteiger partial charge in [-0.15, -0.1) is 0 Å². The van der Waals surface area contributed by atoms with Gasteiger partial charge in [-0.05, 0) is 48.9 Å². The number of hydrogen-bond acceptors (Lipinski definition) is 5. The number of benzene rings is 3. The zero-order valence-electron chi connectivity index (χ0n) is 21.8. The van der Waals surface area contributed by atoms with Gasteiger partial charge in [0.1, 0.15) is 28.2 Å². The number of fused-ring (bicyclic) bond motifs is 1. The molecule has 6 nitrogen and oxygen atoms in total. The second-order valence-corrected chi connectivity index (χ2v) is 10.9. The van der Waals surface area contributed by atoms with Crippen molar-refractivity contribution in [1.82, 2.24) is 0 Å². The minimum absolute atomic E-state index is 0.0551. The Labute approximate surface area is 216 Å². The summed E-state index contributed by atoms with van der Waals surface area (Å²) >= 11 is 0. The molecule has 0 aromatic heterocycles. The molecule has 2 N–H and O–H groups in total. The van der Waals surface area contributed by atoms with Gasteiger partial charge in [0.05, 0.1) is 24.5 Å². The van der Waals surface area contributed by atoms with Crippen LogP contribution in [0.2, 0.25) is 0 Å². The molecule has 198 valence electrons. The molecule has 0 bridgehead atoms. The Balaban J connectivity index is 0.000000259. The molecule has 0 amide bonds. The number of phenols is 2. The topological polar surface area (TPSA) is 97.7 Å². The van der Waals surface area contributed by atoms with Crippen LogP contribution in [0.25, 0.3) is 10.8 Å². The first-order valence-corrected chi connectivity index (χ1v) is 14.4. The van der Waals surface area contributed by atoms with Gasteiger partial charge in [-0.2, -0.15) is 0 Å². The highest BCUT2D eigenvalue weighted by molar-refractivity contribution is 7.85. The van der Waals surface area contributed by atoms with E-state index in [1.807, 2.05) is 0 Å². The van der Waals surface area contributed by atoms with Gasteiger partial charge in [0.2, 0.25) is 0 Å². The van der Waals surface area contributed by atoms with Crippen molar-refractivity contribution in [2.24, 2.45) is 0 Å². The van der Waals surface area contributed by atoms with E-state index in [4.69, 9.17) is 0 Å². The van der Waals surface area contributed by atoms with Gasteiger partial charge < -0.3 is 19.2 Å². The Morgan fingerprint density at radius 1 is 0.778 bits per heavy atom. The summed E-state index contributed by atoms with van der Waals surface area (Å²) in [6.45, 7) is 12.2. The third kappa shape index (κ3) is 9.12. The molecule has 0 atom stereocenters. The lowest BCUT2D eigenvalue weighted by Gasteiger charge is -2.39. The molecule has 0 aliphatic rings. The highest BCUT2D eigenvalue weighted by atomic mass is 32.2. The lowest BCUT2D eigenvalue weighted by Crippen LogP contribution is -2.49. The molecule has 0 aliphatic heterocycles. The summed E-state index contributed by atoms with van der Waals surface area (Å²) in [5.74, 6) is -0.414. The molecule has 0 fully saturated rings. The van der Waals surface area contributed by atoms with Crippen molar-refractivity contribution < 1.29 is 27.7 Å². The molecule has 3 aromatic rings. The third-order valence-electron chi connectivity index (χ3n) is 6.50. The van der Waals surface area contributed by atoms with Crippen LogP contribution in [0, 0.1) is 0 Å². The second-order valence-electron chi connectivity index (χ2n) is 9.52. The van der Waals surface area contributed by atoms with E-state index in [9.17, 15) is 23.2 Å². The fourth-order valence-corrected chi connectivity index (χ4v) is 4.99. The Bertz CT molecular complexity index is 1160. The number of hydrogen-bond donors (Lipinski definition) is 2. The molecule has 0 heterocycles. The number of rotatable bonds is 12. The highest BCUT2D eigenvalue weighted by Crippen LogP contribution is 2.31. The molecular weight excluding hydrogens is 474 g/mol. The van der Waals surface area contributed by atoms with E-state index in [0.29, 0.717) is 5.39 Å². The largest absolute Gasteiger partial charge is 0.744 e. The van der Waals surface area contributed by atoms with E-state index in [2.05, 4.69) is 51.1 Å². The fourth-order valence-electron chi connectivity index (χ4n) is 4.47. The van der Waals surface area contributed by atoms with Crippen LogP contribution in [0.3, 0.4) is 0 Å². The van der Waals surface area contributed by atoms with Gasteiger partial charge in [0.25, 0.3) is 0 Å². The molecule has 0 saturated heterocycles. The normalized spacial score (nSPS) is 11.8. The summed E-state index contributed by atoms with van der Waals surface area (Å²) in [6.07, 6.45) is 8.02. The van der Waals surface area contributed by atoms with Crippen LogP contribution >= 0.6 is 0 Å². The molecule has 3 rings (SSSR count). The first kappa shape index (κ1) is 29.6. The highest BCUT2D eigenvalue weighted by Gasteiger charge is 2.26. The molecule has 0 unspecified atom stereocenters. The number of quaternary nitrogens is 1. The van der Waals surface area contributed by atoms with Gasteiger partial charge in [-0.25, -0.2) is 8.42 Å². The van der Waals surface area contributed by atoms with Crippen molar-refractivity contribution >= 4 is 20.9 Å². The van der Waals surface area contributed by atoms with Gasteiger partial charge in [-0.3, -0.25) is 0 Å². The summed E-state index contributed by atoms with van der Waals surface area (Å²) in [6, 6.07) is 17.2. The Hall–Kier alpha value is -2.61. The summed E-state index contributed by atoms with van der Waals surface area (Å²) < 4.78 is 33.6. The standard InChI is InChI=1S/C19H34N.C10H8O5S/c1-4-7-15-20(16-8-5-2,17-9-6-3)18-19-13-11-10-12-14-19;11-7-2-1-6-3-8(16(13,14)15)5-10(12)9(6)4-7/h10-14H,4-9,15-18H2,1-3H3;1-5,11-12H,(H,13,14,15)/q+1;/p-1. The number of unbranched alkanes of at least 4 members (excludes halogenated alkanes) is 3. The third-order valence-corrected chi connectivity index (χ3v) is 7.31. The van der Waals surface area contributed by atoms with E-state index in [1.54, 1.807) is 0 Å². The number of phenolic OH excluding ortho intramolecular Hbond substituents is 2. The Morgan fingerprint density at radius 2 is 1.33 bits per heavy atom. The van der Waals surface area contributed by atoms with Crippen molar-refractivity contribution in [3.8, 4) is 11.5 Å². The number of aromatic hydroxyl groups is 2. The molecular formula is C29H41NO5S. The molecule has 0 spiro atoms. The van der Waals surface area contributed by atoms with Crippen LogP contribution < -0.4 is 0 Å². The van der Waals surface area contributed by atoms with E-state index < -0.39 is 15.0 Å². The first-order valence-electron chi connectivity index (χ1n) is 12.9. The average Bonchev–Trinajstić information content (AvgIpc) is 2.85. The van der Waals surface area contributed by atoms with Gasteiger partial charge in [0, 0.05) is 10.9 Å². The van der Waals surface area contributed by atoms with Crippen LogP contribution in [0.1, 0.15) is 64.9 Å². The van der Waals surface area contributed by atoms with Crippen LogP contribution in [-0.4, -0.2) is 47.3 Å². The van der Waals surface area contributed by atoms with Crippen molar-refractivity contribution in [2.75, 3.05) is 19.6 Å². The van der Waals surface area contributed by atoms with E-state index in [0.717, 1.165) is 12.1 Å². The zero-order chi connectivity index (χ0) is 26.6. The average molecular weight is 516 g/mol. The molecule has 0 saturated carbocycles. The SMILES string of the molecule is CCCC[N+](CCCC)(CCCC)Cc1ccccc1.O=S(=O)([O-])c1cc(O)c2cc(O)ccc2c1. The van der Waals surface area contributed by atoms with Gasteiger partial charge >= 0.3 is 0 Å². The maximum Gasteiger partial charge on any atom is 0.124 e. The minimum atomic E-state index is -4.60. The first-order chi connectivity index (χ1) is 17.1. The Kier molecular flexibility index (Phi) is 11.7. The molecule has 7 heteroatoms. The minimum Gasteiger partial charge on any atom is -0.744 e. The lowest BCUT2D eigenvalue weighted by atomic mass is 10.1. The van der Waals surface area contributed by atoms with Crippen molar-refractivity contribution in [3.63, 3.8) is 0 Å². The molecule has 3 aromatic carbocycles. The van der Waals surface area contributed by atoms with Gasteiger partial charge in [-0.1, -0.05) is 76.4 Å². The monoisotopic (exact) mass is 515 g/mol. The van der Waals surface area contributed by atoms with Gasteiger partial charge in [0.15, 0.2) is 0 Å². The van der Waals surface area contributed by atoms with Crippen molar-refractivity contribution in [3.05, 3.63) is 66.2 Å². The fraction of sp³-hybridized carbons (Fsp3) is 0.448. The van der Waals surface area contributed by atoms with E-state index >= 15 is 0 Å². The second kappa shape index (κ2) is 14.2. The summed E-state index contributed by atoms with van der Waals surface area (Å²) in [7, 11) is -4.60. The lowest BCUT2D eigenvalue weighted by molar-refractivity contribution is -0.941. The Morgan fingerprint density at radius 3 is 1.83 bits per heavy atom. The summed E-state index contributed by atoms with van der Waals surface area (Å²) in [5.41, 5.74) is 1.51. The molecule has 36 heavy (non-hydrogen) atoms. The smallest absolute Gasteiger partial charge is 0.124 e. The predicted molar refractivity (Wildman–Crippen MR) is 145 cm³/mol. The zero-order valence-corrected chi connectivity index (χ0v) is 22.6. The van der Waals surface area contributed by atoms with E-state index in [1.165, 1.54) is 92.9 Å². The van der Waals surface area contributed by atoms with Crippen LogP contribution in [0.5, 0.6) is 11.5 Å². The molecule has 0 aliphatic carbocycles. The van der Waals surface area contributed by atoms with Crippen molar-refractivity contribution in [1.29, 1.82) is 0 Å². The maximum atomic E-state index is 10.8. The molecule has 0 radical (unpaired) electrons. The maximum absolute atomic E-state index is 10.8. The van der Waals surface area contributed by atoms with E-state index in [-0.39, 0.29) is 16.9 Å². The van der Waals surface area contributed by atoms with Crippen LogP contribution in [0.4, 0.5) is 0 Å². The summed E-state index contributed by atoms with van der Waals surface area (Å²) in [4.78, 5) is -0.497. The van der Waals surface area contributed by atoms with Crippen LogP contribution in [0.15, 0.2) is 65.6 Å². The number of nitrogens with zero attached hydrogens (tertiary/aromatic N) is 1. The van der Waals surface area contributed by atoms with Crippen molar-refractivity contribution in [2.45, 2.75) is 70.7 Å². The predicted octanol–water partition coefficient (Wildman–Crippen LogP) is 6.56. The summed E-state index contributed by atoms with van der Waals surface area (Å²) in [5, 5.41) is 19.4. The van der Waals surface area contributed by atoms with Crippen LogP contribution in [-0.2, 0) is 16.7 Å².